The van der Waals surface area contributed by atoms with Gasteiger partial charge >= 0.3 is 0 Å². The molecule has 0 heterocycles. The molecule has 1 amide bonds. The van der Waals surface area contributed by atoms with Crippen LogP contribution in [0.5, 0.6) is 5.75 Å². The van der Waals surface area contributed by atoms with Gasteiger partial charge in [0, 0.05) is 24.0 Å². The maximum atomic E-state index is 12.2. The van der Waals surface area contributed by atoms with Gasteiger partial charge in [-0.3, -0.25) is 4.79 Å². The standard InChI is InChI=1S/C16H24BrNO2/c1-4-5-12-20-15-8-6-14(7-9-15)16(19)18(3)11-10-13(2)17/h6-9,13H,4-5,10-12H2,1-3H3. The van der Waals surface area contributed by atoms with Crippen molar-refractivity contribution in [3.05, 3.63) is 29.8 Å². The minimum absolute atomic E-state index is 0.0539. The van der Waals surface area contributed by atoms with Crippen LogP contribution in [0.25, 0.3) is 0 Å². The first kappa shape index (κ1) is 17.0. The van der Waals surface area contributed by atoms with E-state index in [9.17, 15) is 4.79 Å². The predicted octanol–water partition coefficient (Wildman–Crippen LogP) is 4.11. The Kier molecular flexibility index (Phi) is 7.67. The number of benzene rings is 1. The summed E-state index contributed by atoms with van der Waals surface area (Å²) in [5.41, 5.74) is 0.706. The highest BCUT2D eigenvalue weighted by Gasteiger charge is 2.12. The van der Waals surface area contributed by atoms with E-state index in [0.717, 1.165) is 38.2 Å². The zero-order valence-corrected chi connectivity index (χ0v) is 14.1. The molecular formula is C16H24BrNO2. The molecule has 1 aromatic carbocycles. The zero-order valence-electron chi connectivity index (χ0n) is 12.6. The van der Waals surface area contributed by atoms with Crippen LogP contribution < -0.4 is 4.74 Å². The summed E-state index contributed by atoms with van der Waals surface area (Å²) >= 11 is 3.49. The maximum absolute atomic E-state index is 12.2. The van der Waals surface area contributed by atoms with Gasteiger partial charge in [-0.25, -0.2) is 0 Å². The van der Waals surface area contributed by atoms with Crippen molar-refractivity contribution in [1.82, 2.24) is 4.90 Å². The fourth-order valence-electron chi connectivity index (χ4n) is 1.72. The molecule has 0 radical (unpaired) electrons. The highest BCUT2D eigenvalue weighted by atomic mass is 79.9. The second kappa shape index (κ2) is 9.01. The van der Waals surface area contributed by atoms with Gasteiger partial charge in [0.2, 0.25) is 0 Å². The Hall–Kier alpha value is -1.03. The van der Waals surface area contributed by atoms with Crippen molar-refractivity contribution < 1.29 is 9.53 Å². The van der Waals surface area contributed by atoms with E-state index in [1.165, 1.54) is 0 Å². The number of hydrogen-bond donors (Lipinski definition) is 0. The number of halogens is 1. The molecule has 1 unspecified atom stereocenters. The first-order valence-electron chi connectivity index (χ1n) is 7.17. The normalized spacial score (nSPS) is 12.0. The number of nitrogens with zero attached hydrogens (tertiary/aromatic N) is 1. The van der Waals surface area contributed by atoms with Gasteiger partial charge in [-0.05, 0) is 37.1 Å². The molecule has 0 fully saturated rings. The molecule has 112 valence electrons. The Bertz CT molecular complexity index is 403. The topological polar surface area (TPSA) is 29.5 Å². The molecule has 1 atom stereocenters. The molecule has 0 N–H and O–H groups in total. The Morgan fingerprint density at radius 1 is 1.35 bits per heavy atom. The predicted molar refractivity (Wildman–Crippen MR) is 86.8 cm³/mol. The van der Waals surface area contributed by atoms with Crippen LogP contribution in [0.15, 0.2) is 24.3 Å². The summed E-state index contributed by atoms with van der Waals surface area (Å²) in [6, 6.07) is 7.39. The third kappa shape index (κ3) is 5.95. The lowest BCUT2D eigenvalue weighted by atomic mass is 10.2. The van der Waals surface area contributed by atoms with E-state index < -0.39 is 0 Å². The summed E-state index contributed by atoms with van der Waals surface area (Å²) in [5.74, 6) is 0.880. The van der Waals surface area contributed by atoms with Crippen molar-refractivity contribution in [1.29, 1.82) is 0 Å². The first-order chi connectivity index (χ1) is 9.54. The molecule has 0 aliphatic carbocycles. The van der Waals surface area contributed by atoms with Crippen molar-refractivity contribution in [2.75, 3.05) is 20.2 Å². The largest absolute Gasteiger partial charge is 0.494 e. The SMILES string of the molecule is CCCCOc1ccc(C(=O)N(C)CCC(C)Br)cc1. The Morgan fingerprint density at radius 3 is 2.55 bits per heavy atom. The molecule has 3 nitrogen and oxygen atoms in total. The number of rotatable bonds is 8. The van der Waals surface area contributed by atoms with Gasteiger partial charge in [0.15, 0.2) is 0 Å². The van der Waals surface area contributed by atoms with Crippen molar-refractivity contribution >= 4 is 21.8 Å². The van der Waals surface area contributed by atoms with Gasteiger partial charge in [0.25, 0.3) is 5.91 Å². The monoisotopic (exact) mass is 341 g/mol. The Balaban J connectivity index is 2.52. The average molecular weight is 342 g/mol. The lowest BCUT2D eigenvalue weighted by Crippen LogP contribution is -2.28. The van der Waals surface area contributed by atoms with Crippen LogP contribution >= 0.6 is 15.9 Å². The second-order valence-electron chi connectivity index (χ2n) is 5.02. The number of ether oxygens (including phenoxy) is 1. The molecule has 0 aromatic heterocycles. The smallest absolute Gasteiger partial charge is 0.253 e. The van der Waals surface area contributed by atoms with E-state index in [2.05, 4.69) is 29.8 Å². The van der Waals surface area contributed by atoms with Crippen molar-refractivity contribution in [3.8, 4) is 5.75 Å². The summed E-state index contributed by atoms with van der Waals surface area (Å²) in [5, 5.41) is 0. The zero-order chi connectivity index (χ0) is 15.0. The Morgan fingerprint density at radius 2 is 2.00 bits per heavy atom. The summed E-state index contributed by atoms with van der Waals surface area (Å²) in [6.07, 6.45) is 3.11. The lowest BCUT2D eigenvalue weighted by molar-refractivity contribution is 0.0794. The van der Waals surface area contributed by atoms with Crippen LogP contribution in [0.4, 0.5) is 0 Å². The number of amides is 1. The van der Waals surface area contributed by atoms with Crippen molar-refractivity contribution in [3.63, 3.8) is 0 Å². The van der Waals surface area contributed by atoms with Crippen LogP contribution in [0, 0.1) is 0 Å². The number of carbonyl (C=O) groups excluding carboxylic acids is 1. The molecule has 4 heteroatoms. The molecule has 0 saturated heterocycles. The summed E-state index contributed by atoms with van der Waals surface area (Å²) in [6.45, 7) is 5.70. The number of hydrogen-bond acceptors (Lipinski definition) is 2. The van der Waals surface area contributed by atoms with Crippen LogP contribution in [0.3, 0.4) is 0 Å². The number of carbonyl (C=O) groups is 1. The van der Waals surface area contributed by atoms with Crippen LogP contribution in [0.2, 0.25) is 0 Å². The highest BCUT2D eigenvalue weighted by Crippen LogP contribution is 2.14. The van der Waals surface area contributed by atoms with Gasteiger partial charge in [-0.15, -0.1) is 0 Å². The molecule has 1 rings (SSSR count). The molecule has 0 spiro atoms. The quantitative estimate of drug-likeness (QED) is 0.526. The van der Waals surface area contributed by atoms with E-state index in [1.54, 1.807) is 4.90 Å². The average Bonchev–Trinajstić information content (AvgIpc) is 2.45. The van der Waals surface area contributed by atoms with Crippen molar-refractivity contribution in [2.24, 2.45) is 0 Å². The Labute approximate surface area is 130 Å². The maximum Gasteiger partial charge on any atom is 0.253 e. The fourth-order valence-corrected chi connectivity index (χ4v) is 1.93. The minimum Gasteiger partial charge on any atom is -0.494 e. The van der Waals surface area contributed by atoms with Crippen LogP contribution in [-0.4, -0.2) is 35.8 Å². The van der Waals surface area contributed by atoms with E-state index in [4.69, 9.17) is 4.74 Å². The van der Waals surface area contributed by atoms with Gasteiger partial charge in [0.05, 0.1) is 6.61 Å². The highest BCUT2D eigenvalue weighted by molar-refractivity contribution is 9.09. The second-order valence-corrected chi connectivity index (χ2v) is 6.59. The summed E-state index contributed by atoms with van der Waals surface area (Å²) in [4.78, 5) is 14.4. The van der Waals surface area contributed by atoms with Crippen LogP contribution in [-0.2, 0) is 0 Å². The van der Waals surface area contributed by atoms with Gasteiger partial charge < -0.3 is 9.64 Å². The molecular weight excluding hydrogens is 318 g/mol. The molecule has 0 bridgehead atoms. The molecule has 1 aromatic rings. The third-order valence-corrected chi connectivity index (χ3v) is 3.53. The van der Waals surface area contributed by atoms with Crippen LogP contribution in [0.1, 0.15) is 43.5 Å². The number of unbranched alkanes of at least 4 members (excludes halogenated alkanes) is 1. The third-order valence-electron chi connectivity index (χ3n) is 3.08. The first-order valence-corrected chi connectivity index (χ1v) is 8.08. The number of alkyl halides is 1. The summed E-state index contributed by atoms with van der Waals surface area (Å²) < 4.78 is 5.59. The lowest BCUT2D eigenvalue weighted by Gasteiger charge is -2.18. The fraction of sp³-hybridized carbons (Fsp3) is 0.562. The van der Waals surface area contributed by atoms with E-state index in [0.29, 0.717) is 10.4 Å². The van der Waals surface area contributed by atoms with Gasteiger partial charge in [-0.2, -0.15) is 0 Å². The van der Waals surface area contributed by atoms with E-state index >= 15 is 0 Å². The summed E-state index contributed by atoms with van der Waals surface area (Å²) in [7, 11) is 1.84. The van der Waals surface area contributed by atoms with Gasteiger partial charge in [0.1, 0.15) is 5.75 Å². The minimum atomic E-state index is 0.0539. The van der Waals surface area contributed by atoms with Gasteiger partial charge in [-0.1, -0.05) is 36.2 Å². The van der Waals surface area contributed by atoms with E-state index in [-0.39, 0.29) is 5.91 Å². The molecule has 20 heavy (non-hydrogen) atoms. The van der Waals surface area contributed by atoms with E-state index in [1.807, 2.05) is 31.3 Å². The van der Waals surface area contributed by atoms with Crippen molar-refractivity contribution in [2.45, 2.75) is 37.9 Å². The molecule has 0 aliphatic rings. The molecule has 0 aliphatic heterocycles. The molecule has 0 saturated carbocycles.